The molecule has 1 rings (SSSR count). The van der Waals surface area contributed by atoms with Crippen LogP contribution in [0.4, 0.5) is 4.39 Å². The van der Waals surface area contributed by atoms with Crippen molar-refractivity contribution in [1.82, 2.24) is 0 Å². The van der Waals surface area contributed by atoms with Gasteiger partial charge >= 0.3 is 0 Å². The van der Waals surface area contributed by atoms with Crippen molar-refractivity contribution < 1.29 is 4.39 Å². The standard InChI is InChI=1S/C9H9ClFN/c10-8-6-7(2-1-5-12)3-4-9(8)11/h1-4,6H,5,12H2/b2-1+. The second kappa shape index (κ2) is 4.24. The molecule has 0 spiro atoms. The van der Waals surface area contributed by atoms with Gasteiger partial charge in [-0.15, -0.1) is 0 Å². The first-order valence-corrected chi connectivity index (χ1v) is 3.93. The lowest BCUT2D eigenvalue weighted by Gasteiger charge is -1.95. The van der Waals surface area contributed by atoms with Crippen LogP contribution in [0.1, 0.15) is 5.56 Å². The van der Waals surface area contributed by atoms with E-state index in [0.717, 1.165) is 5.56 Å². The molecule has 0 fully saturated rings. The molecule has 0 aliphatic rings. The molecule has 0 atom stereocenters. The van der Waals surface area contributed by atoms with E-state index in [0.29, 0.717) is 6.54 Å². The Morgan fingerprint density at radius 3 is 2.83 bits per heavy atom. The van der Waals surface area contributed by atoms with Crippen LogP contribution >= 0.6 is 11.6 Å². The zero-order valence-corrected chi connectivity index (χ0v) is 7.18. The van der Waals surface area contributed by atoms with Crippen molar-refractivity contribution >= 4 is 17.7 Å². The summed E-state index contributed by atoms with van der Waals surface area (Å²) in [6.07, 6.45) is 3.58. The van der Waals surface area contributed by atoms with E-state index in [-0.39, 0.29) is 5.02 Å². The summed E-state index contributed by atoms with van der Waals surface area (Å²) in [7, 11) is 0. The molecule has 0 bridgehead atoms. The molecule has 3 heteroatoms. The fourth-order valence-corrected chi connectivity index (χ4v) is 1.01. The molecule has 1 aromatic carbocycles. The van der Waals surface area contributed by atoms with Gasteiger partial charge in [0.2, 0.25) is 0 Å². The lowest BCUT2D eigenvalue weighted by molar-refractivity contribution is 0.628. The monoisotopic (exact) mass is 185 g/mol. The lowest BCUT2D eigenvalue weighted by Crippen LogP contribution is -1.91. The normalized spacial score (nSPS) is 10.9. The van der Waals surface area contributed by atoms with Gasteiger partial charge in [-0.1, -0.05) is 29.8 Å². The van der Waals surface area contributed by atoms with Gasteiger partial charge in [-0.25, -0.2) is 4.39 Å². The van der Waals surface area contributed by atoms with E-state index in [1.807, 2.05) is 0 Å². The number of halogens is 2. The molecular weight excluding hydrogens is 177 g/mol. The highest BCUT2D eigenvalue weighted by atomic mass is 35.5. The molecule has 64 valence electrons. The number of benzene rings is 1. The molecule has 1 nitrogen and oxygen atoms in total. The van der Waals surface area contributed by atoms with Gasteiger partial charge in [0.15, 0.2) is 0 Å². The Kier molecular flexibility index (Phi) is 3.26. The van der Waals surface area contributed by atoms with Crippen molar-refractivity contribution in [2.45, 2.75) is 0 Å². The minimum atomic E-state index is -0.401. The summed E-state index contributed by atoms with van der Waals surface area (Å²) < 4.78 is 12.6. The molecule has 0 saturated heterocycles. The third-order valence-corrected chi connectivity index (χ3v) is 1.68. The maximum atomic E-state index is 12.6. The summed E-state index contributed by atoms with van der Waals surface area (Å²) >= 11 is 5.55. The van der Waals surface area contributed by atoms with Gasteiger partial charge < -0.3 is 5.73 Å². The quantitative estimate of drug-likeness (QED) is 0.753. The maximum absolute atomic E-state index is 12.6. The van der Waals surface area contributed by atoms with E-state index < -0.39 is 5.82 Å². The highest BCUT2D eigenvalue weighted by molar-refractivity contribution is 6.30. The average Bonchev–Trinajstić information content (AvgIpc) is 2.07. The highest BCUT2D eigenvalue weighted by Gasteiger charge is 1.97. The van der Waals surface area contributed by atoms with Crippen molar-refractivity contribution in [2.75, 3.05) is 6.54 Å². The topological polar surface area (TPSA) is 26.0 Å². The van der Waals surface area contributed by atoms with Crippen LogP contribution in [-0.4, -0.2) is 6.54 Å². The van der Waals surface area contributed by atoms with Crippen LogP contribution in [0.3, 0.4) is 0 Å². The summed E-state index contributed by atoms with van der Waals surface area (Å²) in [6, 6.07) is 4.54. The Bertz CT molecular complexity index is 297. The maximum Gasteiger partial charge on any atom is 0.141 e. The molecule has 0 aliphatic carbocycles. The van der Waals surface area contributed by atoms with Gasteiger partial charge in [0, 0.05) is 6.54 Å². The number of hydrogen-bond acceptors (Lipinski definition) is 1. The highest BCUT2D eigenvalue weighted by Crippen LogP contribution is 2.16. The average molecular weight is 186 g/mol. The van der Waals surface area contributed by atoms with E-state index in [1.165, 1.54) is 6.07 Å². The molecule has 2 N–H and O–H groups in total. The van der Waals surface area contributed by atoms with E-state index >= 15 is 0 Å². The second-order valence-electron chi connectivity index (χ2n) is 2.31. The first-order valence-electron chi connectivity index (χ1n) is 3.55. The van der Waals surface area contributed by atoms with Crippen molar-refractivity contribution in [3.63, 3.8) is 0 Å². The second-order valence-corrected chi connectivity index (χ2v) is 2.72. The van der Waals surface area contributed by atoms with Crippen LogP contribution in [0.15, 0.2) is 24.3 Å². The molecule has 0 heterocycles. The molecule has 0 radical (unpaired) electrons. The fourth-order valence-electron chi connectivity index (χ4n) is 0.820. The summed E-state index contributed by atoms with van der Waals surface area (Å²) in [5, 5.41) is 0.133. The molecule has 12 heavy (non-hydrogen) atoms. The molecule has 1 aromatic rings. The number of rotatable bonds is 2. The number of hydrogen-bond donors (Lipinski definition) is 1. The van der Waals surface area contributed by atoms with Crippen molar-refractivity contribution in [3.8, 4) is 0 Å². The van der Waals surface area contributed by atoms with Crippen molar-refractivity contribution in [3.05, 3.63) is 40.7 Å². The largest absolute Gasteiger partial charge is 0.327 e. The first-order chi connectivity index (χ1) is 5.74. The fraction of sp³-hybridized carbons (Fsp3) is 0.111. The summed E-state index contributed by atoms with van der Waals surface area (Å²) in [4.78, 5) is 0. The summed E-state index contributed by atoms with van der Waals surface area (Å²) in [5.41, 5.74) is 6.10. The zero-order valence-electron chi connectivity index (χ0n) is 6.43. The zero-order chi connectivity index (χ0) is 8.97. The van der Waals surface area contributed by atoms with Crippen LogP contribution < -0.4 is 5.73 Å². The van der Waals surface area contributed by atoms with Crippen LogP contribution in [0, 0.1) is 5.82 Å². The van der Waals surface area contributed by atoms with E-state index in [1.54, 1.807) is 24.3 Å². The van der Waals surface area contributed by atoms with Crippen LogP contribution in [0.2, 0.25) is 5.02 Å². The van der Waals surface area contributed by atoms with Gasteiger partial charge in [-0.2, -0.15) is 0 Å². The summed E-state index contributed by atoms with van der Waals surface area (Å²) in [6.45, 7) is 0.467. The van der Waals surface area contributed by atoms with E-state index in [9.17, 15) is 4.39 Å². The SMILES string of the molecule is NC/C=C/c1ccc(F)c(Cl)c1. The van der Waals surface area contributed by atoms with Gasteiger partial charge in [0.1, 0.15) is 5.82 Å². The van der Waals surface area contributed by atoms with E-state index in [2.05, 4.69) is 0 Å². The summed E-state index contributed by atoms with van der Waals surface area (Å²) in [5.74, 6) is -0.401. The van der Waals surface area contributed by atoms with Crippen molar-refractivity contribution in [1.29, 1.82) is 0 Å². The molecule has 0 aromatic heterocycles. The van der Waals surface area contributed by atoms with Crippen molar-refractivity contribution in [2.24, 2.45) is 5.73 Å². The minimum absolute atomic E-state index is 0.133. The number of nitrogens with two attached hydrogens (primary N) is 1. The van der Waals surface area contributed by atoms with Gasteiger partial charge in [-0.05, 0) is 17.7 Å². The van der Waals surface area contributed by atoms with Crippen LogP contribution in [0.25, 0.3) is 6.08 Å². The van der Waals surface area contributed by atoms with Crippen LogP contribution in [0.5, 0.6) is 0 Å². The Balaban J connectivity index is 2.89. The predicted molar refractivity (Wildman–Crippen MR) is 49.5 cm³/mol. The minimum Gasteiger partial charge on any atom is -0.327 e. The molecular formula is C9H9ClFN. The Morgan fingerprint density at radius 1 is 1.50 bits per heavy atom. The third-order valence-electron chi connectivity index (χ3n) is 1.39. The first kappa shape index (κ1) is 9.23. The predicted octanol–water partition coefficient (Wildman–Crippen LogP) is 2.45. The smallest absolute Gasteiger partial charge is 0.141 e. The Hall–Kier alpha value is -0.860. The van der Waals surface area contributed by atoms with E-state index in [4.69, 9.17) is 17.3 Å². The lowest BCUT2D eigenvalue weighted by atomic mass is 10.2. The van der Waals surface area contributed by atoms with Gasteiger partial charge in [0.25, 0.3) is 0 Å². The molecule has 0 aliphatic heterocycles. The Labute approximate surface area is 75.6 Å². The Morgan fingerprint density at radius 2 is 2.25 bits per heavy atom. The van der Waals surface area contributed by atoms with Gasteiger partial charge in [0.05, 0.1) is 5.02 Å². The molecule has 0 amide bonds. The van der Waals surface area contributed by atoms with Crippen LogP contribution in [-0.2, 0) is 0 Å². The van der Waals surface area contributed by atoms with Gasteiger partial charge in [-0.3, -0.25) is 0 Å². The molecule has 0 unspecified atom stereocenters. The molecule has 0 saturated carbocycles. The third kappa shape index (κ3) is 2.32.